The summed E-state index contributed by atoms with van der Waals surface area (Å²) < 4.78 is 29.1. The van der Waals surface area contributed by atoms with Gasteiger partial charge in [-0.15, -0.1) is 0 Å². The van der Waals surface area contributed by atoms with Crippen molar-refractivity contribution in [1.29, 1.82) is 0 Å². The van der Waals surface area contributed by atoms with E-state index in [0.29, 0.717) is 6.54 Å². The fraction of sp³-hybridized carbons (Fsp3) is 0.467. The molecule has 1 N–H and O–H groups in total. The van der Waals surface area contributed by atoms with Crippen molar-refractivity contribution >= 4 is 10.0 Å². The molecule has 0 unspecified atom stereocenters. The molecule has 1 saturated heterocycles. The molecule has 1 atom stereocenters. The minimum Gasteiger partial charge on any atom is -0.297 e. The second-order valence-electron chi connectivity index (χ2n) is 5.91. The molecular weight excluding hydrogens is 314 g/mol. The van der Waals surface area contributed by atoms with E-state index in [-0.39, 0.29) is 10.9 Å². The van der Waals surface area contributed by atoms with Gasteiger partial charge in [-0.05, 0) is 31.0 Å². The van der Waals surface area contributed by atoms with Crippen LogP contribution in [0.15, 0.2) is 41.8 Å². The smallest absolute Gasteiger partial charge is 0.243 e. The third-order valence-electron chi connectivity index (χ3n) is 3.95. The highest BCUT2D eigenvalue weighted by molar-refractivity contribution is 7.89. The molecule has 2 aromatic rings. The molecule has 0 spiro atoms. The van der Waals surface area contributed by atoms with Gasteiger partial charge in [0.1, 0.15) is 4.90 Å². The average Bonchev–Trinajstić information content (AvgIpc) is 2.96. The van der Waals surface area contributed by atoms with Gasteiger partial charge < -0.3 is 0 Å². The van der Waals surface area contributed by atoms with Crippen LogP contribution in [0.3, 0.4) is 0 Å². The molecule has 1 aliphatic rings. The zero-order valence-electron chi connectivity index (χ0n) is 13.1. The molecule has 0 bridgehead atoms. The highest BCUT2D eigenvalue weighted by Gasteiger charge is 2.26. The molecule has 1 fully saturated rings. The number of aryl methyl sites for hydroxylation is 1. The predicted molar refractivity (Wildman–Crippen MR) is 86.1 cm³/mol. The van der Waals surface area contributed by atoms with E-state index in [1.807, 2.05) is 18.3 Å². The Labute approximate surface area is 136 Å². The molecule has 0 aromatic carbocycles. The summed E-state index contributed by atoms with van der Waals surface area (Å²) in [5.74, 6) is 0. The topological polar surface area (TPSA) is 80.1 Å². The fourth-order valence-corrected chi connectivity index (χ4v) is 4.11. The lowest BCUT2D eigenvalue weighted by Gasteiger charge is -2.32. The molecule has 0 saturated carbocycles. The Balaban J connectivity index is 1.62. The molecule has 3 heterocycles. The monoisotopic (exact) mass is 335 g/mol. The summed E-state index contributed by atoms with van der Waals surface area (Å²) in [5.41, 5.74) is 1.14. The number of nitrogens with zero attached hydrogens (tertiary/aromatic N) is 4. The zero-order chi connectivity index (χ0) is 16.3. The lowest BCUT2D eigenvalue weighted by molar-refractivity contribution is 0.194. The molecule has 8 heteroatoms. The third-order valence-corrected chi connectivity index (χ3v) is 5.42. The first-order chi connectivity index (χ1) is 11.0. The van der Waals surface area contributed by atoms with Gasteiger partial charge in [0.2, 0.25) is 10.0 Å². The standard InChI is InChI=1S/C15H21N5O2S/c1-19-12-15(9-17-19)23(21,22)18-14-5-3-7-20(11-14)10-13-4-2-6-16-8-13/h2,4,6,8-9,12,14,18H,3,5,7,10-11H2,1H3/t14-/m1/s1. The van der Waals surface area contributed by atoms with Crippen LogP contribution in [0.2, 0.25) is 0 Å². The first kappa shape index (κ1) is 16.1. The second-order valence-corrected chi connectivity index (χ2v) is 7.62. The lowest BCUT2D eigenvalue weighted by Crippen LogP contribution is -2.47. The van der Waals surface area contributed by atoms with Gasteiger partial charge in [-0.2, -0.15) is 5.10 Å². The number of hydrogen-bond donors (Lipinski definition) is 1. The van der Waals surface area contributed by atoms with Gasteiger partial charge in [-0.25, -0.2) is 13.1 Å². The van der Waals surface area contributed by atoms with Crippen molar-refractivity contribution in [2.75, 3.05) is 13.1 Å². The van der Waals surface area contributed by atoms with E-state index in [0.717, 1.165) is 31.5 Å². The van der Waals surface area contributed by atoms with Crippen molar-refractivity contribution in [2.24, 2.45) is 7.05 Å². The van der Waals surface area contributed by atoms with Crippen LogP contribution in [0.1, 0.15) is 18.4 Å². The van der Waals surface area contributed by atoms with E-state index in [2.05, 4.69) is 19.7 Å². The number of pyridine rings is 1. The highest BCUT2D eigenvalue weighted by atomic mass is 32.2. The number of sulfonamides is 1. The van der Waals surface area contributed by atoms with Crippen molar-refractivity contribution in [2.45, 2.75) is 30.3 Å². The van der Waals surface area contributed by atoms with Gasteiger partial charge in [-0.3, -0.25) is 14.6 Å². The number of aromatic nitrogens is 3. The van der Waals surface area contributed by atoms with Crippen LogP contribution in [0.25, 0.3) is 0 Å². The Morgan fingerprint density at radius 1 is 1.39 bits per heavy atom. The summed E-state index contributed by atoms with van der Waals surface area (Å²) in [5, 5.41) is 3.93. The summed E-state index contributed by atoms with van der Waals surface area (Å²) in [4.78, 5) is 6.60. The van der Waals surface area contributed by atoms with Crippen LogP contribution in [0, 0.1) is 0 Å². The van der Waals surface area contributed by atoms with E-state index in [9.17, 15) is 8.42 Å². The summed E-state index contributed by atoms with van der Waals surface area (Å²) >= 11 is 0. The van der Waals surface area contributed by atoms with Crippen LogP contribution in [-0.4, -0.2) is 47.2 Å². The summed E-state index contributed by atoms with van der Waals surface area (Å²) in [6, 6.07) is 3.88. The molecule has 0 amide bonds. The maximum absolute atomic E-state index is 12.4. The molecule has 1 aliphatic heterocycles. The van der Waals surface area contributed by atoms with E-state index in [4.69, 9.17) is 0 Å². The van der Waals surface area contributed by atoms with E-state index >= 15 is 0 Å². The van der Waals surface area contributed by atoms with Crippen LogP contribution in [0.4, 0.5) is 0 Å². The van der Waals surface area contributed by atoms with E-state index in [1.54, 1.807) is 13.2 Å². The average molecular weight is 335 g/mol. The van der Waals surface area contributed by atoms with Crippen LogP contribution >= 0.6 is 0 Å². The van der Waals surface area contributed by atoms with Gasteiger partial charge in [0.15, 0.2) is 0 Å². The van der Waals surface area contributed by atoms with Crippen molar-refractivity contribution < 1.29 is 8.42 Å². The van der Waals surface area contributed by atoms with Crippen LogP contribution in [-0.2, 0) is 23.6 Å². The Hall–Kier alpha value is -1.77. The number of likely N-dealkylation sites (tertiary alicyclic amines) is 1. The highest BCUT2D eigenvalue weighted by Crippen LogP contribution is 2.16. The second kappa shape index (κ2) is 6.77. The minimum absolute atomic E-state index is 0.0781. The maximum atomic E-state index is 12.4. The maximum Gasteiger partial charge on any atom is 0.243 e. The number of piperidine rings is 1. The normalized spacial score (nSPS) is 19.8. The SMILES string of the molecule is Cn1cc(S(=O)(=O)N[C@@H]2CCCN(Cc3cccnc3)C2)cn1. The van der Waals surface area contributed by atoms with Gasteiger partial charge in [0.05, 0.1) is 6.20 Å². The zero-order valence-corrected chi connectivity index (χ0v) is 13.9. The number of hydrogen-bond acceptors (Lipinski definition) is 5. The third kappa shape index (κ3) is 4.15. The van der Waals surface area contributed by atoms with Gasteiger partial charge in [-0.1, -0.05) is 6.07 Å². The van der Waals surface area contributed by atoms with Crippen molar-refractivity contribution in [3.63, 3.8) is 0 Å². The Morgan fingerprint density at radius 2 is 2.26 bits per heavy atom. The molecule has 0 radical (unpaired) electrons. The molecule has 2 aromatic heterocycles. The summed E-state index contributed by atoms with van der Waals surface area (Å²) in [7, 11) is -1.80. The summed E-state index contributed by atoms with van der Waals surface area (Å²) in [6.07, 6.45) is 8.31. The van der Waals surface area contributed by atoms with Crippen molar-refractivity contribution in [3.8, 4) is 0 Å². The number of nitrogens with one attached hydrogen (secondary N) is 1. The first-order valence-electron chi connectivity index (χ1n) is 7.65. The number of rotatable bonds is 5. The molecule has 3 rings (SSSR count). The van der Waals surface area contributed by atoms with E-state index < -0.39 is 10.0 Å². The van der Waals surface area contributed by atoms with Gasteiger partial charge >= 0.3 is 0 Å². The quantitative estimate of drug-likeness (QED) is 0.872. The summed E-state index contributed by atoms with van der Waals surface area (Å²) in [6.45, 7) is 2.47. The Morgan fingerprint density at radius 3 is 2.96 bits per heavy atom. The lowest BCUT2D eigenvalue weighted by atomic mass is 10.1. The minimum atomic E-state index is -3.51. The van der Waals surface area contributed by atoms with Crippen LogP contribution < -0.4 is 4.72 Å². The van der Waals surface area contributed by atoms with Crippen molar-refractivity contribution in [1.82, 2.24) is 24.4 Å². The molecule has 0 aliphatic carbocycles. The Kier molecular flexibility index (Phi) is 4.74. The largest absolute Gasteiger partial charge is 0.297 e. The van der Waals surface area contributed by atoms with Crippen molar-refractivity contribution in [3.05, 3.63) is 42.5 Å². The molecule has 124 valence electrons. The molecule has 23 heavy (non-hydrogen) atoms. The van der Waals surface area contributed by atoms with E-state index in [1.165, 1.54) is 17.1 Å². The molecular formula is C15H21N5O2S. The van der Waals surface area contributed by atoms with Crippen LogP contribution in [0.5, 0.6) is 0 Å². The van der Waals surface area contributed by atoms with Gasteiger partial charge in [0.25, 0.3) is 0 Å². The first-order valence-corrected chi connectivity index (χ1v) is 9.13. The Bertz CT molecular complexity index is 744. The fourth-order valence-electron chi connectivity index (χ4n) is 2.87. The predicted octanol–water partition coefficient (Wildman–Crippen LogP) is 0.758. The van der Waals surface area contributed by atoms with Gasteiger partial charge in [0, 0.05) is 44.8 Å². The molecule has 7 nitrogen and oxygen atoms in total.